The molecule has 1 aromatic heterocycles. The van der Waals surface area contributed by atoms with Crippen LogP contribution >= 0.6 is 11.6 Å². The molecule has 1 saturated heterocycles. The third kappa shape index (κ3) is 4.97. The number of methoxy groups -OCH3 is 1. The predicted molar refractivity (Wildman–Crippen MR) is 143 cm³/mol. The number of piperidine rings is 1. The van der Waals surface area contributed by atoms with Gasteiger partial charge in [-0.05, 0) is 36.6 Å². The Balaban J connectivity index is 1.35. The van der Waals surface area contributed by atoms with Gasteiger partial charge in [0.05, 0.1) is 30.2 Å². The average Bonchev–Trinajstić information content (AvgIpc) is 3.20. The molecule has 11 heteroatoms. The molecule has 3 aromatic rings. The summed E-state index contributed by atoms with van der Waals surface area (Å²) in [6, 6.07) is 11.5. The first-order chi connectivity index (χ1) is 17.8. The van der Waals surface area contributed by atoms with Crippen LogP contribution in [0, 0.1) is 5.92 Å². The molecule has 0 bridgehead atoms. The molecular formula is C26H28ClN7O3. The fourth-order valence-electron chi connectivity index (χ4n) is 4.77. The van der Waals surface area contributed by atoms with E-state index in [4.69, 9.17) is 22.1 Å². The van der Waals surface area contributed by atoms with Gasteiger partial charge in [-0.3, -0.25) is 9.59 Å². The summed E-state index contributed by atoms with van der Waals surface area (Å²) in [6.07, 6.45) is 2.97. The zero-order valence-electron chi connectivity index (χ0n) is 20.6. The molecule has 0 aliphatic carbocycles. The molecule has 0 atom stereocenters. The number of ether oxygens (including phenoxy) is 1. The highest BCUT2D eigenvalue weighted by molar-refractivity contribution is 6.33. The number of carbonyl (C=O) groups excluding carboxylic acids is 2. The molecule has 2 amide bonds. The van der Waals surface area contributed by atoms with E-state index in [0.717, 1.165) is 37.2 Å². The SMILES string of the molecule is COc1cc(N2CCC(C(N)=O)CC2)ccc1Nc1ncc(Cl)c(Nc2cccc3c2C(=O)N(C)C3)n1. The number of rotatable bonds is 7. The van der Waals surface area contributed by atoms with Gasteiger partial charge in [-0.2, -0.15) is 4.98 Å². The number of nitrogens with one attached hydrogen (secondary N) is 2. The molecule has 10 nitrogen and oxygen atoms in total. The lowest BCUT2D eigenvalue weighted by molar-refractivity contribution is -0.122. The van der Waals surface area contributed by atoms with E-state index in [9.17, 15) is 9.59 Å². The molecule has 5 rings (SSSR count). The summed E-state index contributed by atoms with van der Waals surface area (Å²) in [5.41, 5.74) is 9.35. The van der Waals surface area contributed by atoms with Crippen LogP contribution < -0.4 is 26.0 Å². The second kappa shape index (κ2) is 10.1. The Morgan fingerprint density at radius 1 is 1.16 bits per heavy atom. The van der Waals surface area contributed by atoms with Gasteiger partial charge in [0.2, 0.25) is 11.9 Å². The van der Waals surface area contributed by atoms with Crippen LogP contribution in [0.3, 0.4) is 0 Å². The van der Waals surface area contributed by atoms with Crippen molar-refractivity contribution in [2.45, 2.75) is 19.4 Å². The average molecular weight is 522 g/mol. The Kier molecular flexibility index (Phi) is 6.75. The van der Waals surface area contributed by atoms with E-state index in [0.29, 0.717) is 46.0 Å². The highest BCUT2D eigenvalue weighted by Gasteiger charge is 2.28. The topological polar surface area (TPSA) is 126 Å². The van der Waals surface area contributed by atoms with Gasteiger partial charge in [0.25, 0.3) is 5.91 Å². The van der Waals surface area contributed by atoms with Crippen molar-refractivity contribution in [1.82, 2.24) is 14.9 Å². The second-order valence-corrected chi connectivity index (χ2v) is 9.60. The van der Waals surface area contributed by atoms with Crippen LogP contribution in [0.5, 0.6) is 5.75 Å². The molecule has 0 unspecified atom stereocenters. The van der Waals surface area contributed by atoms with Gasteiger partial charge in [0, 0.05) is 44.4 Å². The van der Waals surface area contributed by atoms with Gasteiger partial charge in [0.15, 0.2) is 5.82 Å². The number of anilines is 5. The number of fused-ring (bicyclic) bond motifs is 1. The third-order valence-corrected chi connectivity index (χ3v) is 7.09. The lowest BCUT2D eigenvalue weighted by Crippen LogP contribution is -2.38. The smallest absolute Gasteiger partial charge is 0.256 e. The first-order valence-electron chi connectivity index (χ1n) is 12.0. The minimum Gasteiger partial charge on any atom is -0.494 e. The minimum atomic E-state index is -0.232. The molecule has 2 aromatic carbocycles. The van der Waals surface area contributed by atoms with Crippen LogP contribution in [-0.2, 0) is 11.3 Å². The molecular weight excluding hydrogens is 494 g/mol. The van der Waals surface area contributed by atoms with Crippen LogP contribution in [0.2, 0.25) is 5.02 Å². The van der Waals surface area contributed by atoms with Crippen LogP contribution in [0.4, 0.5) is 28.8 Å². The van der Waals surface area contributed by atoms with E-state index >= 15 is 0 Å². The normalized spacial score (nSPS) is 15.5. The number of nitrogens with zero attached hydrogens (tertiary/aromatic N) is 4. The largest absolute Gasteiger partial charge is 0.494 e. The highest BCUT2D eigenvalue weighted by Crippen LogP contribution is 2.35. The fourth-order valence-corrected chi connectivity index (χ4v) is 4.91. The van der Waals surface area contributed by atoms with Crippen molar-refractivity contribution in [2.75, 3.05) is 42.8 Å². The van der Waals surface area contributed by atoms with Crippen molar-refractivity contribution in [2.24, 2.45) is 11.7 Å². The predicted octanol–water partition coefficient (Wildman–Crippen LogP) is 3.91. The van der Waals surface area contributed by atoms with Crippen molar-refractivity contribution in [3.05, 3.63) is 58.7 Å². The van der Waals surface area contributed by atoms with Gasteiger partial charge >= 0.3 is 0 Å². The number of hydrogen-bond acceptors (Lipinski definition) is 8. The summed E-state index contributed by atoms with van der Waals surface area (Å²) in [7, 11) is 3.37. The molecule has 2 aliphatic rings. The van der Waals surface area contributed by atoms with Crippen molar-refractivity contribution in [3.8, 4) is 5.75 Å². The molecule has 3 heterocycles. The van der Waals surface area contributed by atoms with Gasteiger partial charge in [-0.1, -0.05) is 23.7 Å². The Labute approximate surface area is 219 Å². The summed E-state index contributed by atoms with van der Waals surface area (Å²) >= 11 is 6.39. The number of benzene rings is 2. The minimum absolute atomic E-state index is 0.0506. The highest BCUT2D eigenvalue weighted by atomic mass is 35.5. The Morgan fingerprint density at radius 3 is 2.68 bits per heavy atom. The van der Waals surface area contributed by atoms with Crippen molar-refractivity contribution >= 4 is 52.2 Å². The Morgan fingerprint density at radius 2 is 1.95 bits per heavy atom. The molecule has 0 saturated carbocycles. The maximum absolute atomic E-state index is 12.6. The third-order valence-electron chi connectivity index (χ3n) is 6.81. The monoisotopic (exact) mass is 521 g/mol. The number of halogens is 1. The molecule has 1 fully saturated rings. The quantitative estimate of drug-likeness (QED) is 0.427. The lowest BCUT2D eigenvalue weighted by atomic mass is 9.96. The number of carbonyl (C=O) groups is 2. The standard InChI is InChI=1S/C26H28ClN7O3/c1-33-14-16-4-3-5-20(22(16)25(33)36)30-24-18(27)13-29-26(32-24)31-19-7-6-17(12-21(19)37-2)34-10-8-15(9-11-34)23(28)35/h3-7,12-13,15H,8-11,14H2,1-2H3,(H2,28,35)(H2,29,30,31,32). The lowest BCUT2D eigenvalue weighted by Gasteiger charge is -2.32. The van der Waals surface area contributed by atoms with Gasteiger partial charge < -0.3 is 30.9 Å². The molecule has 2 aliphatic heterocycles. The van der Waals surface area contributed by atoms with Gasteiger partial charge in [-0.25, -0.2) is 4.98 Å². The van der Waals surface area contributed by atoms with Crippen molar-refractivity contribution in [1.29, 1.82) is 0 Å². The molecule has 37 heavy (non-hydrogen) atoms. The maximum atomic E-state index is 12.6. The molecule has 0 spiro atoms. The van der Waals surface area contributed by atoms with Crippen LogP contribution in [-0.4, -0.2) is 53.9 Å². The van der Waals surface area contributed by atoms with E-state index < -0.39 is 0 Å². The van der Waals surface area contributed by atoms with Crippen molar-refractivity contribution < 1.29 is 14.3 Å². The molecule has 192 valence electrons. The fraction of sp³-hybridized carbons (Fsp3) is 0.308. The Bertz CT molecular complexity index is 1360. The molecule has 4 N–H and O–H groups in total. The zero-order chi connectivity index (χ0) is 26.1. The summed E-state index contributed by atoms with van der Waals surface area (Å²) in [6.45, 7) is 2.06. The van der Waals surface area contributed by atoms with E-state index in [1.54, 1.807) is 19.1 Å². The number of amides is 2. The first-order valence-corrected chi connectivity index (χ1v) is 12.4. The van der Waals surface area contributed by atoms with E-state index in [1.165, 1.54) is 6.20 Å². The van der Waals surface area contributed by atoms with Crippen LogP contribution in [0.15, 0.2) is 42.6 Å². The van der Waals surface area contributed by atoms with E-state index in [1.807, 2.05) is 36.4 Å². The Hall–Kier alpha value is -4.05. The summed E-state index contributed by atoms with van der Waals surface area (Å²) in [4.78, 5) is 36.8. The number of hydrogen-bond donors (Lipinski definition) is 3. The summed E-state index contributed by atoms with van der Waals surface area (Å²) < 4.78 is 5.63. The first kappa shape index (κ1) is 24.6. The van der Waals surface area contributed by atoms with E-state index in [-0.39, 0.29) is 17.7 Å². The number of aromatic nitrogens is 2. The second-order valence-electron chi connectivity index (χ2n) is 9.19. The van der Waals surface area contributed by atoms with Gasteiger partial charge in [-0.15, -0.1) is 0 Å². The number of nitrogens with two attached hydrogens (primary N) is 1. The molecule has 0 radical (unpaired) electrons. The summed E-state index contributed by atoms with van der Waals surface area (Å²) in [5, 5.41) is 6.72. The number of primary amides is 1. The maximum Gasteiger partial charge on any atom is 0.256 e. The summed E-state index contributed by atoms with van der Waals surface area (Å²) in [5.74, 6) is 0.964. The van der Waals surface area contributed by atoms with Crippen molar-refractivity contribution in [3.63, 3.8) is 0 Å². The van der Waals surface area contributed by atoms with Crippen LogP contribution in [0.25, 0.3) is 0 Å². The van der Waals surface area contributed by atoms with Gasteiger partial charge in [0.1, 0.15) is 10.8 Å². The zero-order valence-corrected chi connectivity index (χ0v) is 21.4. The van der Waals surface area contributed by atoms with Crippen LogP contribution in [0.1, 0.15) is 28.8 Å². The van der Waals surface area contributed by atoms with E-state index in [2.05, 4.69) is 25.5 Å².